The third-order valence-corrected chi connectivity index (χ3v) is 6.87. The summed E-state index contributed by atoms with van der Waals surface area (Å²) in [6.45, 7) is 2.19. The fourth-order valence-corrected chi connectivity index (χ4v) is 5.35. The molecular formula is C22H25N3O4S. The highest BCUT2D eigenvalue weighted by Gasteiger charge is 2.24. The van der Waals surface area contributed by atoms with E-state index in [4.69, 9.17) is 4.74 Å². The first-order chi connectivity index (χ1) is 14.5. The molecule has 1 aliphatic carbocycles. The number of aryl methyl sites for hydroxylation is 3. The van der Waals surface area contributed by atoms with Crippen LogP contribution in [0.2, 0.25) is 0 Å². The van der Waals surface area contributed by atoms with Gasteiger partial charge in [0, 0.05) is 17.7 Å². The molecule has 0 bridgehead atoms. The lowest BCUT2D eigenvalue weighted by Gasteiger charge is -2.14. The zero-order valence-electron chi connectivity index (χ0n) is 17.2. The summed E-state index contributed by atoms with van der Waals surface area (Å²) in [5.74, 6) is -0.295. The summed E-state index contributed by atoms with van der Waals surface area (Å²) in [7, 11) is 1.53. The first-order valence-electron chi connectivity index (χ1n) is 10.1. The molecule has 3 aromatic rings. The van der Waals surface area contributed by atoms with Crippen LogP contribution in [0.3, 0.4) is 0 Å². The number of carbonyl (C=O) groups excluding carboxylic acids is 1. The van der Waals surface area contributed by atoms with Gasteiger partial charge < -0.3 is 10.1 Å². The minimum Gasteiger partial charge on any atom is -0.383 e. The largest absolute Gasteiger partial charge is 0.383 e. The van der Waals surface area contributed by atoms with Gasteiger partial charge in [0.15, 0.2) is 0 Å². The number of rotatable bonds is 6. The van der Waals surface area contributed by atoms with E-state index < -0.39 is 5.69 Å². The number of aromatic nitrogens is 2. The van der Waals surface area contributed by atoms with Gasteiger partial charge in [-0.25, -0.2) is 4.79 Å². The quantitative estimate of drug-likeness (QED) is 0.656. The van der Waals surface area contributed by atoms with Crippen LogP contribution in [0, 0.1) is 6.92 Å². The molecule has 0 saturated carbocycles. The average Bonchev–Trinajstić information content (AvgIpc) is 3.12. The minimum atomic E-state index is -0.469. The second-order valence-electron chi connectivity index (χ2n) is 7.57. The van der Waals surface area contributed by atoms with Crippen LogP contribution in [0.1, 0.15) is 28.8 Å². The third kappa shape index (κ3) is 3.73. The van der Waals surface area contributed by atoms with Crippen molar-refractivity contribution in [3.63, 3.8) is 0 Å². The molecule has 7 nitrogen and oxygen atoms in total. The molecule has 2 aromatic heterocycles. The molecule has 1 aliphatic rings. The fourth-order valence-electron chi connectivity index (χ4n) is 3.98. The maximum absolute atomic E-state index is 13.2. The average molecular weight is 428 g/mol. The van der Waals surface area contributed by atoms with Gasteiger partial charge in [-0.15, -0.1) is 11.3 Å². The molecule has 2 heterocycles. The Morgan fingerprint density at radius 2 is 1.93 bits per heavy atom. The third-order valence-electron chi connectivity index (χ3n) is 5.56. The SMILES string of the molecule is COCCn1c(=O)c2c3c(sc2n(CC(=O)Nc2ccccc2C)c1=O)CCCC3. The Morgan fingerprint density at radius 3 is 2.70 bits per heavy atom. The zero-order chi connectivity index (χ0) is 21.3. The van der Waals surface area contributed by atoms with E-state index in [1.54, 1.807) is 0 Å². The van der Waals surface area contributed by atoms with Crippen molar-refractivity contribution in [2.75, 3.05) is 19.0 Å². The maximum atomic E-state index is 13.2. The number of nitrogens with one attached hydrogen (secondary N) is 1. The van der Waals surface area contributed by atoms with Crippen LogP contribution >= 0.6 is 11.3 Å². The van der Waals surface area contributed by atoms with E-state index in [9.17, 15) is 14.4 Å². The standard InChI is InChI=1S/C22H25N3O4S/c1-14-7-3-5-9-16(14)23-18(26)13-25-21-19(15-8-4-6-10-17(15)30-21)20(27)24(22(25)28)11-12-29-2/h3,5,7,9H,4,6,8,10-13H2,1-2H3,(H,23,26). The van der Waals surface area contributed by atoms with Crippen molar-refractivity contribution in [2.45, 2.75) is 45.7 Å². The first-order valence-corrected chi connectivity index (χ1v) is 10.9. The van der Waals surface area contributed by atoms with Crippen molar-refractivity contribution in [1.82, 2.24) is 9.13 Å². The van der Waals surface area contributed by atoms with E-state index in [0.717, 1.165) is 41.7 Å². The van der Waals surface area contributed by atoms with Gasteiger partial charge in [-0.1, -0.05) is 18.2 Å². The van der Waals surface area contributed by atoms with Crippen molar-refractivity contribution in [3.05, 3.63) is 61.1 Å². The highest BCUT2D eigenvalue weighted by atomic mass is 32.1. The molecule has 158 valence electrons. The zero-order valence-corrected chi connectivity index (χ0v) is 18.0. The summed E-state index contributed by atoms with van der Waals surface area (Å²) in [6.07, 6.45) is 3.86. The van der Waals surface area contributed by atoms with Crippen molar-refractivity contribution in [1.29, 1.82) is 0 Å². The minimum absolute atomic E-state index is 0.143. The summed E-state index contributed by atoms with van der Waals surface area (Å²) in [5.41, 5.74) is 1.96. The molecule has 8 heteroatoms. The number of ether oxygens (including phenoxy) is 1. The van der Waals surface area contributed by atoms with Crippen molar-refractivity contribution >= 4 is 33.1 Å². The molecule has 1 amide bonds. The summed E-state index contributed by atoms with van der Waals surface area (Å²) in [4.78, 5) is 40.9. The van der Waals surface area contributed by atoms with E-state index in [0.29, 0.717) is 15.9 Å². The number of benzene rings is 1. The van der Waals surface area contributed by atoms with E-state index in [1.165, 1.54) is 27.6 Å². The number of amides is 1. The van der Waals surface area contributed by atoms with Crippen LogP contribution in [0.5, 0.6) is 0 Å². The lowest BCUT2D eigenvalue weighted by molar-refractivity contribution is -0.116. The molecule has 30 heavy (non-hydrogen) atoms. The number of thiophene rings is 1. The van der Waals surface area contributed by atoms with Crippen molar-refractivity contribution in [3.8, 4) is 0 Å². The van der Waals surface area contributed by atoms with E-state index in [2.05, 4.69) is 5.32 Å². The molecule has 0 atom stereocenters. The summed E-state index contributed by atoms with van der Waals surface area (Å²) < 4.78 is 7.74. The monoisotopic (exact) mass is 427 g/mol. The molecule has 0 radical (unpaired) electrons. The predicted octanol–water partition coefficient (Wildman–Crippen LogP) is 2.70. The number of anilines is 1. The molecule has 0 spiro atoms. The topological polar surface area (TPSA) is 82.3 Å². The Balaban J connectivity index is 1.80. The van der Waals surface area contributed by atoms with E-state index in [1.807, 2.05) is 31.2 Å². The normalized spacial score (nSPS) is 13.4. The van der Waals surface area contributed by atoms with E-state index >= 15 is 0 Å². The Labute approximate surface area is 177 Å². The van der Waals surface area contributed by atoms with Crippen LogP contribution in [0.15, 0.2) is 33.9 Å². The van der Waals surface area contributed by atoms with Gasteiger partial charge in [0.2, 0.25) is 5.91 Å². The number of carbonyl (C=O) groups is 1. The lowest BCUT2D eigenvalue weighted by Crippen LogP contribution is -2.42. The van der Waals surface area contributed by atoms with Crippen LogP contribution in [-0.4, -0.2) is 28.8 Å². The van der Waals surface area contributed by atoms with Crippen molar-refractivity contribution < 1.29 is 9.53 Å². The number of hydrogen-bond donors (Lipinski definition) is 1. The lowest BCUT2D eigenvalue weighted by atomic mass is 9.97. The Bertz CT molecular complexity index is 1220. The van der Waals surface area contributed by atoms with E-state index in [-0.39, 0.29) is 31.2 Å². The Kier molecular flexibility index (Phi) is 5.87. The predicted molar refractivity (Wildman–Crippen MR) is 119 cm³/mol. The Hall–Kier alpha value is -2.71. The van der Waals surface area contributed by atoms with Gasteiger partial charge in [-0.2, -0.15) is 0 Å². The molecule has 0 unspecified atom stereocenters. The smallest absolute Gasteiger partial charge is 0.332 e. The van der Waals surface area contributed by atoms with Crippen LogP contribution in [0.4, 0.5) is 5.69 Å². The van der Waals surface area contributed by atoms with Gasteiger partial charge in [0.25, 0.3) is 5.56 Å². The molecular weight excluding hydrogens is 402 g/mol. The van der Waals surface area contributed by atoms with Gasteiger partial charge in [0.1, 0.15) is 11.4 Å². The Morgan fingerprint density at radius 1 is 1.17 bits per heavy atom. The summed E-state index contributed by atoms with van der Waals surface area (Å²) in [6, 6.07) is 7.50. The molecule has 0 fully saturated rings. The number of fused-ring (bicyclic) bond motifs is 3. The number of para-hydroxylation sites is 1. The summed E-state index contributed by atoms with van der Waals surface area (Å²) >= 11 is 1.48. The van der Waals surface area contributed by atoms with Gasteiger partial charge >= 0.3 is 5.69 Å². The van der Waals surface area contributed by atoms with Gasteiger partial charge in [-0.3, -0.25) is 18.7 Å². The maximum Gasteiger partial charge on any atom is 0.332 e. The molecule has 0 aliphatic heterocycles. The van der Waals surface area contributed by atoms with Crippen LogP contribution in [0.25, 0.3) is 10.2 Å². The first kappa shape index (κ1) is 20.6. The van der Waals surface area contributed by atoms with Gasteiger partial charge in [0.05, 0.1) is 18.5 Å². The second-order valence-corrected chi connectivity index (χ2v) is 8.66. The van der Waals surface area contributed by atoms with Crippen molar-refractivity contribution in [2.24, 2.45) is 0 Å². The summed E-state index contributed by atoms with van der Waals surface area (Å²) in [5, 5.41) is 3.48. The number of hydrogen-bond acceptors (Lipinski definition) is 5. The number of nitrogens with zero attached hydrogens (tertiary/aromatic N) is 2. The highest BCUT2D eigenvalue weighted by molar-refractivity contribution is 7.18. The second kappa shape index (κ2) is 8.57. The molecule has 1 aromatic carbocycles. The number of methoxy groups -OCH3 is 1. The fraction of sp³-hybridized carbons (Fsp3) is 0.409. The molecule has 4 rings (SSSR count). The van der Waals surface area contributed by atoms with Crippen LogP contribution in [-0.2, 0) is 35.5 Å². The van der Waals surface area contributed by atoms with Gasteiger partial charge in [-0.05, 0) is 49.8 Å². The molecule has 1 N–H and O–H groups in total. The van der Waals surface area contributed by atoms with Crippen LogP contribution < -0.4 is 16.6 Å². The molecule has 0 saturated heterocycles. The highest BCUT2D eigenvalue weighted by Crippen LogP contribution is 2.34.